The van der Waals surface area contributed by atoms with Gasteiger partial charge in [0.25, 0.3) is 11.8 Å². The zero-order valence-electron chi connectivity index (χ0n) is 22.1. The Morgan fingerprint density at radius 3 is 2.25 bits per heavy atom. The Bertz CT molecular complexity index is 1140. The normalized spacial score (nSPS) is 13.8. The number of urea groups is 1. The van der Waals surface area contributed by atoms with Gasteiger partial charge in [-0.15, -0.1) is 0 Å². The van der Waals surface area contributed by atoms with Gasteiger partial charge in [-0.2, -0.15) is 0 Å². The number of carbonyl (C=O) groups is 7. The number of nitrogens with zero attached hydrogens (tertiary/aromatic N) is 1. The highest BCUT2D eigenvalue weighted by molar-refractivity contribution is 8.12. The minimum atomic E-state index is -1.03. The Labute approximate surface area is 234 Å². The van der Waals surface area contributed by atoms with Crippen molar-refractivity contribution >= 4 is 58.3 Å². The molecule has 40 heavy (non-hydrogen) atoms. The molecular weight excluding hydrogens is 544 g/mol. The molecule has 14 nitrogen and oxygen atoms in total. The molecule has 1 aromatic rings. The minimum Gasteiger partial charge on any atom is -0.453 e. The summed E-state index contributed by atoms with van der Waals surface area (Å²) >= 11 is 0.951. The molecule has 0 fully saturated rings. The molecule has 7 amide bonds. The zero-order chi connectivity index (χ0) is 29.7. The van der Waals surface area contributed by atoms with Crippen molar-refractivity contribution in [3.05, 3.63) is 42.0 Å². The molecule has 0 bridgehead atoms. The molecule has 1 aliphatic rings. The van der Waals surface area contributed by atoms with E-state index in [4.69, 9.17) is 10.5 Å². The number of anilines is 1. The molecule has 1 heterocycles. The summed E-state index contributed by atoms with van der Waals surface area (Å²) in [5.74, 6) is -2.78. The summed E-state index contributed by atoms with van der Waals surface area (Å²) in [4.78, 5) is 84.4. The molecule has 0 aromatic heterocycles. The highest BCUT2D eigenvalue weighted by Crippen LogP contribution is 2.13. The molecule has 2 rings (SSSR count). The van der Waals surface area contributed by atoms with E-state index in [1.54, 1.807) is 30.5 Å². The topological polar surface area (TPSA) is 206 Å². The quantitative estimate of drug-likeness (QED) is 0.118. The van der Waals surface area contributed by atoms with E-state index in [1.807, 2.05) is 0 Å². The summed E-state index contributed by atoms with van der Waals surface area (Å²) in [5, 5.41) is 9.76. The predicted octanol–water partition coefficient (Wildman–Crippen LogP) is 0.378. The highest BCUT2D eigenvalue weighted by atomic mass is 32.2. The van der Waals surface area contributed by atoms with Gasteiger partial charge in [0.2, 0.25) is 17.7 Å². The number of imide groups is 1. The molecule has 0 radical (unpaired) electrons. The first kappa shape index (κ1) is 31.8. The number of rotatable bonds is 14. The third-order valence-corrected chi connectivity index (χ3v) is 6.03. The van der Waals surface area contributed by atoms with Crippen LogP contribution in [0.15, 0.2) is 36.4 Å². The first-order chi connectivity index (χ1) is 19.0. The van der Waals surface area contributed by atoms with E-state index in [1.165, 1.54) is 6.92 Å². The van der Waals surface area contributed by atoms with Crippen molar-refractivity contribution in [1.29, 1.82) is 0 Å². The van der Waals surface area contributed by atoms with Crippen molar-refractivity contribution in [2.45, 2.75) is 44.9 Å². The summed E-state index contributed by atoms with van der Waals surface area (Å²) in [6.07, 6.45) is 4.08. The second kappa shape index (κ2) is 15.9. The van der Waals surface area contributed by atoms with Crippen molar-refractivity contribution < 1.29 is 38.3 Å². The minimum absolute atomic E-state index is 0.0740. The van der Waals surface area contributed by atoms with Crippen molar-refractivity contribution in [3.8, 4) is 0 Å². The van der Waals surface area contributed by atoms with E-state index >= 15 is 0 Å². The molecule has 1 aliphatic heterocycles. The lowest BCUT2D eigenvalue weighted by Crippen LogP contribution is -2.52. The monoisotopic (exact) mass is 576 g/mol. The summed E-state index contributed by atoms with van der Waals surface area (Å²) in [6.45, 7) is 1.53. The number of hydrogen-bond donors (Lipinski definition) is 5. The van der Waals surface area contributed by atoms with Gasteiger partial charge in [0.15, 0.2) is 0 Å². The van der Waals surface area contributed by atoms with Gasteiger partial charge in [-0.05, 0) is 55.5 Å². The number of nitrogens with two attached hydrogens (primary N) is 1. The molecule has 0 saturated heterocycles. The van der Waals surface area contributed by atoms with Gasteiger partial charge >= 0.3 is 11.3 Å². The van der Waals surface area contributed by atoms with Crippen molar-refractivity contribution in [1.82, 2.24) is 20.9 Å². The van der Waals surface area contributed by atoms with Crippen LogP contribution in [0.25, 0.3) is 0 Å². The molecule has 216 valence electrons. The largest absolute Gasteiger partial charge is 0.453 e. The van der Waals surface area contributed by atoms with E-state index in [-0.39, 0.29) is 32.5 Å². The van der Waals surface area contributed by atoms with Crippen molar-refractivity contribution in [3.63, 3.8) is 0 Å². The van der Waals surface area contributed by atoms with Gasteiger partial charge in [0.1, 0.15) is 18.7 Å². The number of ether oxygens (including phenoxy) is 1. The van der Waals surface area contributed by atoms with Crippen LogP contribution >= 0.6 is 11.8 Å². The summed E-state index contributed by atoms with van der Waals surface area (Å²) in [5.41, 5.74) is 6.21. The highest BCUT2D eigenvalue weighted by Gasteiger charge is 2.26. The number of thioether (sulfide) groups is 1. The maximum absolute atomic E-state index is 13.0. The second-order valence-corrected chi connectivity index (χ2v) is 9.37. The van der Waals surface area contributed by atoms with E-state index in [2.05, 4.69) is 21.3 Å². The van der Waals surface area contributed by atoms with Crippen LogP contribution in [-0.4, -0.2) is 77.2 Å². The van der Waals surface area contributed by atoms with E-state index < -0.39 is 53.0 Å². The third kappa shape index (κ3) is 10.8. The molecule has 0 spiro atoms. The van der Waals surface area contributed by atoms with Gasteiger partial charge in [-0.1, -0.05) is 12.1 Å². The maximum atomic E-state index is 13.0. The molecule has 2 atom stereocenters. The molecule has 0 unspecified atom stereocenters. The Morgan fingerprint density at radius 1 is 1.00 bits per heavy atom. The lowest BCUT2D eigenvalue weighted by molar-refractivity contribution is -0.137. The van der Waals surface area contributed by atoms with Gasteiger partial charge in [0, 0.05) is 37.3 Å². The van der Waals surface area contributed by atoms with Gasteiger partial charge < -0.3 is 31.7 Å². The van der Waals surface area contributed by atoms with E-state index in [0.29, 0.717) is 17.7 Å². The fourth-order valence-corrected chi connectivity index (χ4v) is 3.62. The lowest BCUT2D eigenvalue weighted by atomic mass is 10.1. The lowest BCUT2D eigenvalue weighted by Gasteiger charge is -2.22. The number of nitrogens with one attached hydrogen (secondary N) is 4. The first-order valence-corrected chi connectivity index (χ1v) is 13.5. The third-order valence-electron chi connectivity index (χ3n) is 5.58. The van der Waals surface area contributed by atoms with Crippen LogP contribution < -0.4 is 27.0 Å². The number of amides is 7. The Kier molecular flexibility index (Phi) is 12.6. The molecule has 15 heteroatoms. The molecule has 6 N–H and O–H groups in total. The number of benzene rings is 1. The first-order valence-electron chi connectivity index (χ1n) is 12.3. The van der Waals surface area contributed by atoms with Gasteiger partial charge in [0.05, 0.1) is 0 Å². The van der Waals surface area contributed by atoms with Crippen LogP contribution in [0.3, 0.4) is 0 Å². The van der Waals surface area contributed by atoms with Gasteiger partial charge in [-0.3, -0.25) is 28.9 Å². The summed E-state index contributed by atoms with van der Waals surface area (Å²) in [6, 6.07) is 3.80. The molecule has 1 aromatic carbocycles. The molecule has 0 saturated carbocycles. The van der Waals surface area contributed by atoms with Crippen LogP contribution in [0, 0.1) is 0 Å². The summed E-state index contributed by atoms with van der Waals surface area (Å²) < 4.78 is 5.04. The second-order valence-electron chi connectivity index (χ2n) is 8.62. The van der Waals surface area contributed by atoms with Crippen LogP contribution in [0.4, 0.5) is 15.3 Å². The Hall–Kier alpha value is -4.40. The smallest absolute Gasteiger partial charge is 0.367 e. The fraction of sp³-hybridized carbons (Fsp3) is 0.400. The van der Waals surface area contributed by atoms with Crippen molar-refractivity contribution in [2.24, 2.45) is 5.73 Å². The fourth-order valence-electron chi connectivity index (χ4n) is 3.44. The van der Waals surface area contributed by atoms with Crippen LogP contribution in [-0.2, 0) is 35.3 Å². The maximum Gasteiger partial charge on any atom is 0.367 e. The number of hydrogen-bond acceptors (Lipinski definition) is 9. The SMILES string of the molecule is CSC(=O)OCc1ccc(NC(=O)[C@H](CCCNC(N)=O)NC(=O)[C@H](C)NC(=O)CCN2C(=O)C=CC2=O)cc1. The van der Waals surface area contributed by atoms with Crippen molar-refractivity contribution in [2.75, 3.05) is 24.7 Å². The Balaban J connectivity index is 1.94. The molecular formula is C25H32N6O8S. The zero-order valence-corrected chi connectivity index (χ0v) is 22.9. The number of carbonyl (C=O) groups excluding carboxylic acids is 7. The average Bonchev–Trinajstić information content (AvgIpc) is 3.24. The summed E-state index contributed by atoms with van der Waals surface area (Å²) in [7, 11) is 0. The van der Waals surface area contributed by atoms with Crippen LogP contribution in [0.2, 0.25) is 0 Å². The van der Waals surface area contributed by atoms with Crippen LogP contribution in [0.1, 0.15) is 31.7 Å². The standard InChI is InChI=1S/C25H32N6O8S/c1-15(28-19(32)11-13-31-20(33)9-10-21(31)34)22(35)30-18(4-3-12-27-24(26)37)23(36)29-17-7-5-16(6-8-17)14-39-25(38)40-2/h5-10,15,18H,3-4,11-14H2,1-2H3,(H,28,32)(H,29,36)(H,30,35)(H3,26,27,37)/t15-,18-/m0/s1. The molecule has 0 aliphatic carbocycles. The number of primary amides is 1. The Morgan fingerprint density at radius 2 is 1.65 bits per heavy atom. The van der Waals surface area contributed by atoms with E-state index in [9.17, 15) is 33.6 Å². The average molecular weight is 577 g/mol. The van der Waals surface area contributed by atoms with Crippen LogP contribution in [0.5, 0.6) is 0 Å². The van der Waals surface area contributed by atoms with Gasteiger partial charge in [-0.25, -0.2) is 9.59 Å². The predicted molar refractivity (Wildman–Crippen MR) is 146 cm³/mol. The van der Waals surface area contributed by atoms with E-state index in [0.717, 1.165) is 28.8 Å².